The molecule has 0 saturated heterocycles. The van der Waals surface area contributed by atoms with Crippen LogP contribution >= 0.6 is 7.14 Å². The SMILES string of the molecule is C#CCN(C(=O)OC(C)(C)C)c1ccc(P(C)(C)=O)c2c1OC(F)(F)O2. The van der Waals surface area contributed by atoms with E-state index in [-0.39, 0.29) is 23.3 Å². The number of amides is 1. The fraction of sp³-hybridized carbons (Fsp3) is 0.471. The Balaban J connectivity index is 2.59. The van der Waals surface area contributed by atoms with Gasteiger partial charge in [0.25, 0.3) is 0 Å². The highest BCUT2D eigenvalue weighted by molar-refractivity contribution is 7.70. The van der Waals surface area contributed by atoms with Gasteiger partial charge in [0.15, 0.2) is 11.5 Å². The topological polar surface area (TPSA) is 65.1 Å². The number of alkyl halides is 2. The van der Waals surface area contributed by atoms with Gasteiger partial charge in [-0.15, -0.1) is 15.2 Å². The van der Waals surface area contributed by atoms with Crippen molar-refractivity contribution in [3.63, 3.8) is 0 Å². The number of hydrogen-bond acceptors (Lipinski definition) is 5. The first kappa shape index (κ1) is 20.1. The third-order valence-corrected chi connectivity index (χ3v) is 4.76. The summed E-state index contributed by atoms with van der Waals surface area (Å²) in [5, 5.41) is 0.0817. The zero-order chi connectivity index (χ0) is 19.9. The smallest absolute Gasteiger partial charge is 0.443 e. The second-order valence-corrected chi connectivity index (χ2v) is 10.2. The third-order valence-electron chi connectivity index (χ3n) is 3.25. The molecular weight excluding hydrogens is 367 g/mol. The molecule has 9 heteroatoms. The van der Waals surface area contributed by atoms with Crippen molar-refractivity contribution in [3.8, 4) is 23.8 Å². The number of terminal acetylenes is 1. The van der Waals surface area contributed by atoms with Gasteiger partial charge in [0.1, 0.15) is 12.7 Å². The van der Waals surface area contributed by atoms with Gasteiger partial charge in [0.2, 0.25) is 0 Å². The molecule has 0 aromatic heterocycles. The van der Waals surface area contributed by atoms with E-state index in [1.54, 1.807) is 20.8 Å². The van der Waals surface area contributed by atoms with Crippen molar-refractivity contribution in [2.75, 3.05) is 24.8 Å². The van der Waals surface area contributed by atoms with Gasteiger partial charge in [-0.3, -0.25) is 4.90 Å². The first-order chi connectivity index (χ1) is 11.7. The van der Waals surface area contributed by atoms with E-state index in [0.717, 1.165) is 4.90 Å². The summed E-state index contributed by atoms with van der Waals surface area (Å²) in [6.07, 6.45) is 0.522. The van der Waals surface area contributed by atoms with Gasteiger partial charge in [-0.05, 0) is 46.2 Å². The Morgan fingerprint density at radius 3 is 2.38 bits per heavy atom. The van der Waals surface area contributed by atoms with Crippen LogP contribution in [0.3, 0.4) is 0 Å². The molecule has 26 heavy (non-hydrogen) atoms. The molecule has 1 aromatic rings. The van der Waals surface area contributed by atoms with Crippen LogP contribution in [-0.2, 0) is 9.30 Å². The van der Waals surface area contributed by atoms with Crippen LogP contribution in [-0.4, -0.2) is 37.9 Å². The Bertz CT molecular complexity index is 820. The average molecular weight is 387 g/mol. The van der Waals surface area contributed by atoms with Crippen LogP contribution < -0.4 is 19.7 Å². The molecule has 142 valence electrons. The molecular formula is C17H20F2NO5P. The number of halogens is 2. The van der Waals surface area contributed by atoms with E-state index in [9.17, 15) is 18.1 Å². The van der Waals surface area contributed by atoms with E-state index in [2.05, 4.69) is 15.4 Å². The first-order valence-corrected chi connectivity index (χ1v) is 10.3. The summed E-state index contributed by atoms with van der Waals surface area (Å²) in [6.45, 7) is 7.55. The van der Waals surface area contributed by atoms with Gasteiger partial charge in [-0.2, -0.15) is 0 Å². The number of nitrogens with zero attached hydrogens (tertiary/aromatic N) is 1. The minimum absolute atomic E-state index is 0.0541. The molecule has 0 bridgehead atoms. The fourth-order valence-corrected chi connectivity index (χ4v) is 3.36. The summed E-state index contributed by atoms with van der Waals surface area (Å²) in [4.78, 5) is 13.4. The number of ether oxygens (including phenoxy) is 3. The number of hydrogen-bond donors (Lipinski definition) is 0. The fourth-order valence-electron chi connectivity index (χ4n) is 2.29. The lowest BCUT2D eigenvalue weighted by molar-refractivity contribution is -0.286. The van der Waals surface area contributed by atoms with Crippen molar-refractivity contribution in [3.05, 3.63) is 12.1 Å². The largest absolute Gasteiger partial charge is 0.586 e. The molecule has 0 spiro atoms. The van der Waals surface area contributed by atoms with E-state index in [4.69, 9.17) is 11.2 Å². The molecule has 0 saturated carbocycles. The molecule has 1 amide bonds. The lowest BCUT2D eigenvalue weighted by atomic mass is 10.2. The Morgan fingerprint density at radius 1 is 1.31 bits per heavy atom. The Labute approximate surface area is 150 Å². The summed E-state index contributed by atoms with van der Waals surface area (Å²) < 4.78 is 54.2. The quantitative estimate of drug-likeness (QED) is 0.585. The minimum Gasteiger partial charge on any atom is -0.443 e. The van der Waals surface area contributed by atoms with Gasteiger partial charge in [-0.1, -0.05) is 5.92 Å². The van der Waals surface area contributed by atoms with Gasteiger partial charge < -0.3 is 18.8 Å². The van der Waals surface area contributed by atoms with E-state index in [0.29, 0.717) is 0 Å². The van der Waals surface area contributed by atoms with E-state index < -0.39 is 30.9 Å². The van der Waals surface area contributed by atoms with Crippen LogP contribution in [0.25, 0.3) is 0 Å². The maximum Gasteiger partial charge on any atom is 0.586 e. The van der Waals surface area contributed by atoms with Gasteiger partial charge >= 0.3 is 12.4 Å². The molecule has 1 heterocycles. The van der Waals surface area contributed by atoms with Crippen molar-refractivity contribution in [1.29, 1.82) is 0 Å². The molecule has 0 atom stereocenters. The molecule has 1 aromatic carbocycles. The standard InChI is InChI=1S/C17H20F2NO5P/c1-7-10-20(15(21)25-16(2,3)4)11-8-9-12(26(5,6)22)14-13(11)23-17(18,19)24-14/h1,8-9H,10H2,2-6H3. The lowest BCUT2D eigenvalue weighted by Crippen LogP contribution is -2.37. The van der Waals surface area contributed by atoms with Crippen LogP contribution in [0.15, 0.2) is 12.1 Å². The predicted octanol–water partition coefficient (Wildman–Crippen LogP) is 3.63. The molecule has 2 rings (SSSR count). The molecule has 0 radical (unpaired) electrons. The van der Waals surface area contributed by atoms with E-state index in [1.807, 2.05) is 0 Å². The van der Waals surface area contributed by atoms with Crippen molar-refractivity contribution in [1.82, 2.24) is 0 Å². The number of benzene rings is 1. The number of carbonyl (C=O) groups excluding carboxylic acids is 1. The molecule has 0 N–H and O–H groups in total. The number of carbonyl (C=O) groups is 1. The third kappa shape index (κ3) is 4.28. The van der Waals surface area contributed by atoms with Crippen molar-refractivity contribution < 1.29 is 32.4 Å². The number of rotatable bonds is 3. The lowest BCUT2D eigenvalue weighted by Gasteiger charge is -2.27. The van der Waals surface area contributed by atoms with Gasteiger partial charge in [0, 0.05) is 0 Å². The number of fused-ring (bicyclic) bond motifs is 1. The molecule has 0 aliphatic carbocycles. The predicted molar refractivity (Wildman–Crippen MR) is 94.1 cm³/mol. The highest BCUT2D eigenvalue weighted by atomic mass is 31.2. The summed E-state index contributed by atoms with van der Waals surface area (Å²) in [7, 11) is -2.95. The average Bonchev–Trinajstić information content (AvgIpc) is 2.75. The Kier molecular flexibility index (Phi) is 5.00. The molecule has 6 nitrogen and oxygen atoms in total. The molecule has 0 unspecified atom stereocenters. The van der Waals surface area contributed by atoms with Crippen molar-refractivity contribution >= 4 is 24.2 Å². The van der Waals surface area contributed by atoms with Crippen molar-refractivity contribution in [2.24, 2.45) is 0 Å². The van der Waals surface area contributed by atoms with Crippen LogP contribution in [0, 0.1) is 12.3 Å². The normalized spacial score (nSPS) is 15.3. The van der Waals surface area contributed by atoms with E-state index in [1.165, 1.54) is 25.5 Å². The summed E-state index contributed by atoms with van der Waals surface area (Å²) in [6, 6.07) is 2.69. The van der Waals surface area contributed by atoms with Gasteiger partial charge in [0.05, 0.1) is 17.5 Å². The molecule has 0 fully saturated rings. The van der Waals surface area contributed by atoms with Crippen LogP contribution in [0.4, 0.5) is 19.3 Å². The number of anilines is 1. The molecule has 1 aliphatic heterocycles. The Hall–Kier alpha value is -2.26. The Morgan fingerprint density at radius 2 is 1.88 bits per heavy atom. The van der Waals surface area contributed by atoms with Crippen LogP contribution in [0.5, 0.6) is 11.5 Å². The highest BCUT2D eigenvalue weighted by Crippen LogP contribution is 2.51. The van der Waals surface area contributed by atoms with Gasteiger partial charge in [-0.25, -0.2) is 4.79 Å². The van der Waals surface area contributed by atoms with E-state index >= 15 is 0 Å². The summed E-state index contributed by atoms with van der Waals surface area (Å²) in [5.41, 5.74) is -0.877. The summed E-state index contributed by atoms with van der Waals surface area (Å²) >= 11 is 0. The zero-order valence-corrected chi connectivity index (χ0v) is 16.0. The maximum absolute atomic E-state index is 13.7. The van der Waals surface area contributed by atoms with Crippen LogP contribution in [0.2, 0.25) is 0 Å². The first-order valence-electron chi connectivity index (χ1n) is 7.67. The van der Waals surface area contributed by atoms with Crippen molar-refractivity contribution in [2.45, 2.75) is 32.7 Å². The second kappa shape index (κ2) is 6.48. The molecule has 1 aliphatic rings. The minimum atomic E-state index is -3.95. The monoisotopic (exact) mass is 387 g/mol. The summed E-state index contributed by atoms with van der Waals surface area (Å²) in [5.74, 6) is 1.50. The highest BCUT2D eigenvalue weighted by Gasteiger charge is 2.48. The zero-order valence-electron chi connectivity index (χ0n) is 15.1. The van der Waals surface area contributed by atoms with Crippen LogP contribution in [0.1, 0.15) is 20.8 Å². The maximum atomic E-state index is 13.7. The second-order valence-electron chi connectivity index (χ2n) is 7.05.